The van der Waals surface area contributed by atoms with Gasteiger partial charge in [-0.2, -0.15) is 0 Å². The molecule has 0 saturated carbocycles. The van der Waals surface area contributed by atoms with Crippen LogP contribution < -0.4 is 14.2 Å². The van der Waals surface area contributed by atoms with Crippen molar-refractivity contribution < 1.29 is 18.6 Å². The predicted molar refractivity (Wildman–Crippen MR) is 134 cm³/mol. The van der Waals surface area contributed by atoms with E-state index in [1.165, 1.54) is 0 Å². The van der Waals surface area contributed by atoms with E-state index in [0.29, 0.717) is 25.5 Å². The maximum atomic E-state index is 5.99. The van der Waals surface area contributed by atoms with E-state index in [0.717, 1.165) is 45.4 Å². The molecule has 5 heteroatoms. The van der Waals surface area contributed by atoms with Gasteiger partial charge in [-0.3, -0.25) is 0 Å². The fourth-order valence-electron chi connectivity index (χ4n) is 3.62. The molecule has 0 N–H and O–H groups in total. The minimum Gasteiger partial charge on any atom is -0.493 e. The summed E-state index contributed by atoms with van der Waals surface area (Å²) < 4.78 is 23.5. The molecule has 0 radical (unpaired) electrons. The summed E-state index contributed by atoms with van der Waals surface area (Å²) in [6.45, 7) is 9.01. The number of ether oxygens (including phenoxy) is 3. The van der Waals surface area contributed by atoms with E-state index in [-0.39, 0.29) is 6.10 Å². The van der Waals surface area contributed by atoms with Gasteiger partial charge < -0.3 is 18.6 Å². The van der Waals surface area contributed by atoms with Crippen molar-refractivity contribution in [3.05, 3.63) is 95.4 Å². The summed E-state index contributed by atoms with van der Waals surface area (Å²) in [7, 11) is 0. The van der Waals surface area contributed by atoms with Crippen molar-refractivity contribution in [2.45, 2.75) is 46.8 Å². The van der Waals surface area contributed by atoms with Crippen molar-refractivity contribution in [1.29, 1.82) is 0 Å². The molecule has 0 aliphatic heterocycles. The molecule has 34 heavy (non-hydrogen) atoms. The van der Waals surface area contributed by atoms with E-state index in [4.69, 9.17) is 18.6 Å². The van der Waals surface area contributed by atoms with Gasteiger partial charge in [0.15, 0.2) is 0 Å². The maximum Gasteiger partial charge on any atom is 0.226 e. The van der Waals surface area contributed by atoms with E-state index in [2.05, 4.69) is 4.98 Å². The van der Waals surface area contributed by atoms with Crippen LogP contribution in [0.1, 0.15) is 36.4 Å². The molecule has 4 aromatic rings. The molecule has 176 valence electrons. The molecule has 4 rings (SSSR count). The zero-order valence-electron chi connectivity index (χ0n) is 20.2. The van der Waals surface area contributed by atoms with E-state index < -0.39 is 0 Å². The summed E-state index contributed by atoms with van der Waals surface area (Å²) in [6, 6.07) is 23.9. The first kappa shape index (κ1) is 23.4. The van der Waals surface area contributed by atoms with Crippen LogP contribution in [0.4, 0.5) is 0 Å². The van der Waals surface area contributed by atoms with Crippen LogP contribution in [0.2, 0.25) is 0 Å². The molecule has 0 aliphatic rings. The molecular formula is C29H31NO4. The van der Waals surface area contributed by atoms with Gasteiger partial charge in [-0.1, -0.05) is 30.3 Å². The average molecular weight is 458 g/mol. The molecule has 0 fully saturated rings. The largest absolute Gasteiger partial charge is 0.493 e. The van der Waals surface area contributed by atoms with Crippen molar-refractivity contribution in [2.24, 2.45) is 0 Å². The van der Waals surface area contributed by atoms with Crippen molar-refractivity contribution >= 4 is 0 Å². The Labute approximate surface area is 201 Å². The maximum absolute atomic E-state index is 5.99. The Hall–Kier alpha value is -3.73. The standard InChI is InChI=1S/C29H31NO4/c1-20(2)33-27-17-21(3)16-26(18-27)32-19-23-10-12-25(13-11-23)31-15-14-28-22(4)34-29(30-28)24-8-6-5-7-9-24/h5-13,16-18,20H,14-15,19H2,1-4H3. The van der Waals surface area contributed by atoms with E-state index in [9.17, 15) is 0 Å². The smallest absolute Gasteiger partial charge is 0.226 e. The monoisotopic (exact) mass is 457 g/mol. The fraction of sp³-hybridized carbons (Fsp3) is 0.276. The van der Waals surface area contributed by atoms with Crippen LogP contribution in [0.5, 0.6) is 17.2 Å². The molecule has 0 aliphatic carbocycles. The van der Waals surface area contributed by atoms with Crippen LogP contribution >= 0.6 is 0 Å². The number of hydrogen-bond donors (Lipinski definition) is 0. The van der Waals surface area contributed by atoms with Gasteiger partial charge in [-0.05, 0) is 75.2 Å². The van der Waals surface area contributed by atoms with E-state index >= 15 is 0 Å². The number of benzene rings is 3. The zero-order valence-corrected chi connectivity index (χ0v) is 20.2. The van der Waals surface area contributed by atoms with Crippen LogP contribution in [0.15, 0.2) is 77.2 Å². The summed E-state index contributed by atoms with van der Waals surface area (Å²) >= 11 is 0. The third kappa shape index (κ3) is 6.41. The quantitative estimate of drug-likeness (QED) is 0.258. The molecule has 0 amide bonds. The summed E-state index contributed by atoms with van der Waals surface area (Å²) in [5.41, 5.74) is 4.07. The van der Waals surface area contributed by atoms with Gasteiger partial charge in [0.05, 0.1) is 18.4 Å². The normalized spacial score (nSPS) is 11.0. The fourth-order valence-corrected chi connectivity index (χ4v) is 3.62. The van der Waals surface area contributed by atoms with Gasteiger partial charge in [-0.25, -0.2) is 4.98 Å². The number of oxazole rings is 1. The molecule has 0 bridgehead atoms. The van der Waals surface area contributed by atoms with Gasteiger partial charge in [0.2, 0.25) is 5.89 Å². The lowest BCUT2D eigenvalue weighted by Gasteiger charge is -2.13. The lowest BCUT2D eigenvalue weighted by molar-refractivity contribution is 0.239. The Morgan fingerprint density at radius 2 is 1.56 bits per heavy atom. The lowest BCUT2D eigenvalue weighted by Crippen LogP contribution is -2.06. The first-order valence-corrected chi connectivity index (χ1v) is 11.6. The second-order valence-electron chi connectivity index (χ2n) is 8.57. The Balaban J connectivity index is 1.28. The predicted octanol–water partition coefficient (Wildman–Crippen LogP) is 6.95. The van der Waals surface area contributed by atoms with Crippen molar-refractivity contribution in [1.82, 2.24) is 4.98 Å². The Morgan fingerprint density at radius 3 is 2.29 bits per heavy atom. The number of aromatic nitrogens is 1. The second-order valence-corrected chi connectivity index (χ2v) is 8.57. The molecule has 1 heterocycles. The van der Waals surface area contributed by atoms with Gasteiger partial charge in [-0.15, -0.1) is 0 Å². The van der Waals surface area contributed by atoms with Gasteiger partial charge in [0.1, 0.15) is 29.6 Å². The number of nitrogens with zero attached hydrogens (tertiary/aromatic N) is 1. The van der Waals surface area contributed by atoms with Crippen molar-refractivity contribution in [2.75, 3.05) is 6.61 Å². The molecule has 0 unspecified atom stereocenters. The molecule has 5 nitrogen and oxygen atoms in total. The van der Waals surface area contributed by atoms with Crippen molar-refractivity contribution in [3.63, 3.8) is 0 Å². The Bertz CT molecular complexity index is 1200. The number of aryl methyl sites for hydroxylation is 2. The summed E-state index contributed by atoms with van der Waals surface area (Å²) in [5.74, 6) is 3.92. The molecule has 0 saturated heterocycles. The number of rotatable bonds is 10. The summed E-state index contributed by atoms with van der Waals surface area (Å²) in [6.07, 6.45) is 0.808. The zero-order chi connectivity index (χ0) is 23.9. The summed E-state index contributed by atoms with van der Waals surface area (Å²) in [5, 5.41) is 0. The van der Waals surface area contributed by atoms with Crippen LogP contribution in [0.25, 0.3) is 11.5 Å². The summed E-state index contributed by atoms with van der Waals surface area (Å²) in [4.78, 5) is 4.63. The minimum absolute atomic E-state index is 0.126. The highest BCUT2D eigenvalue weighted by Crippen LogP contribution is 2.25. The average Bonchev–Trinajstić information content (AvgIpc) is 3.19. The third-order valence-electron chi connectivity index (χ3n) is 5.25. The van der Waals surface area contributed by atoms with Crippen LogP contribution in [-0.4, -0.2) is 17.7 Å². The highest BCUT2D eigenvalue weighted by atomic mass is 16.5. The van der Waals surface area contributed by atoms with Gasteiger partial charge in [0.25, 0.3) is 0 Å². The highest BCUT2D eigenvalue weighted by Gasteiger charge is 2.11. The third-order valence-corrected chi connectivity index (χ3v) is 5.25. The van der Waals surface area contributed by atoms with Gasteiger partial charge in [0, 0.05) is 18.1 Å². The molecular weight excluding hydrogens is 426 g/mol. The van der Waals surface area contributed by atoms with E-state index in [1.54, 1.807) is 0 Å². The van der Waals surface area contributed by atoms with Crippen LogP contribution in [0, 0.1) is 13.8 Å². The number of hydrogen-bond acceptors (Lipinski definition) is 5. The first-order valence-electron chi connectivity index (χ1n) is 11.6. The van der Waals surface area contributed by atoms with Crippen molar-refractivity contribution in [3.8, 4) is 28.7 Å². The lowest BCUT2D eigenvalue weighted by atomic mass is 10.2. The van der Waals surface area contributed by atoms with Crippen LogP contribution in [-0.2, 0) is 13.0 Å². The molecule has 0 spiro atoms. The van der Waals surface area contributed by atoms with Gasteiger partial charge >= 0.3 is 0 Å². The topological polar surface area (TPSA) is 53.7 Å². The Kier molecular flexibility index (Phi) is 7.53. The Morgan fingerprint density at radius 1 is 0.824 bits per heavy atom. The molecule has 0 atom stereocenters. The second kappa shape index (κ2) is 10.9. The first-order chi connectivity index (χ1) is 16.5. The van der Waals surface area contributed by atoms with E-state index in [1.807, 2.05) is 100 Å². The molecule has 3 aromatic carbocycles. The molecule has 1 aromatic heterocycles. The highest BCUT2D eigenvalue weighted by molar-refractivity contribution is 5.53. The minimum atomic E-state index is 0.126. The van der Waals surface area contributed by atoms with Crippen LogP contribution in [0.3, 0.4) is 0 Å². The SMILES string of the molecule is Cc1cc(OCc2ccc(OCCc3nc(-c4ccccc4)oc3C)cc2)cc(OC(C)C)c1.